The number of unbranched alkanes of at least 4 members (excludes halogenated alkanes) is 2. The van der Waals surface area contributed by atoms with Gasteiger partial charge in [0.25, 0.3) is 5.69 Å². The topological polar surface area (TPSA) is 66.9 Å². The number of nitro groups is 1. The van der Waals surface area contributed by atoms with Crippen molar-refractivity contribution in [1.82, 2.24) is 0 Å². The quantitative estimate of drug-likeness (QED) is 0.437. The van der Waals surface area contributed by atoms with E-state index in [1.165, 1.54) is 37.5 Å². The second-order valence-electron chi connectivity index (χ2n) is 4.63. The van der Waals surface area contributed by atoms with E-state index in [9.17, 15) is 14.5 Å². The molecule has 0 spiro atoms. The molecule has 0 heterocycles. The van der Waals surface area contributed by atoms with Gasteiger partial charge in [0.2, 0.25) is 0 Å². The van der Waals surface area contributed by atoms with Crippen LogP contribution in [-0.4, -0.2) is 11.6 Å². The first-order valence-electron chi connectivity index (χ1n) is 6.91. The zero-order valence-electron chi connectivity index (χ0n) is 12.7. The first-order chi connectivity index (χ1) is 9.98. The molecule has 0 atom stereocenters. The molecule has 0 N–H and O–H groups in total. The van der Waals surface area contributed by atoms with E-state index in [-0.39, 0.29) is 11.3 Å². The van der Waals surface area contributed by atoms with Gasteiger partial charge in [-0.05, 0) is 24.1 Å². The maximum atomic E-state index is 12.3. The van der Waals surface area contributed by atoms with Gasteiger partial charge in [-0.3, -0.25) is 10.1 Å². The summed E-state index contributed by atoms with van der Waals surface area (Å²) in [4.78, 5) is 10.1. The average molecular weight is 292 g/mol. The summed E-state index contributed by atoms with van der Waals surface area (Å²) < 4.78 is 12.3. The van der Waals surface area contributed by atoms with Gasteiger partial charge in [-0.25, -0.2) is 4.39 Å². The highest BCUT2D eigenvalue weighted by molar-refractivity contribution is 5.60. The average Bonchev–Trinajstić information content (AvgIpc) is 2.45. The lowest BCUT2D eigenvalue weighted by atomic mass is 10.1. The second-order valence-corrected chi connectivity index (χ2v) is 4.63. The number of nitriles is 1. The molecule has 0 aliphatic carbocycles. The SMILES string of the molecule is CCCCC.Cc1cc(/C=C(/C#N)CF)cc([N+](=O)[O-])c1. The minimum Gasteiger partial charge on any atom is -0.258 e. The first-order valence-corrected chi connectivity index (χ1v) is 6.91. The van der Waals surface area contributed by atoms with Crippen molar-refractivity contribution in [3.63, 3.8) is 0 Å². The Hall–Kier alpha value is -2.22. The molecule has 0 fully saturated rings. The number of allylic oxidation sites excluding steroid dienone is 1. The Kier molecular flexibility index (Phi) is 9.44. The largest absolute Gasteiger partial charge is 0.270 e. The summed E-state index contributed by atoms with van der Waals surface area (Å²) in [6, 6.07) is 6.06. The summed E-state index contributed by atoms with van der Waals surface area (Å²) in [5, 5.41) is 19.1. The van der Waals surface area contributed by atoms with Gasteiger partial charge < -0.3 is 0 Å². The van der Waals surface area contributed by atoms with Crippen LogP contribution >= 0.6 is 0 Å². The van der Waals surface area contributed by atoms with Gasteiger partial charge in [0.05, 0.1) is 16.6 Å². The molecule has 0 aliphatic rings. The van der Waals surface area contributed by atoms with Crippen LogP contribution < -0.4 is 0 Å². The van der Waals surface area contributed by atoms with E-state index in [1.54, 1.807) is 19.1 Å². The number of aryl methyl sites for hydroxylation is 1. The van der Waals surface area contributed by atoms with Gasteiger partial charge in [-0.1, -0.05) is 39.2 Å². The second kappa shape index (κ2) is 10.6. The number of halogens is 1. The van der Waals surface area contributed by atoms with E-state index in [2.05, 4.69) is 13.8 Å². The lowest BCUT2D eigenvalue weighted by Gasteiger charge is -1.98. The minimum atomic E-state index is -0.877. The summed E-state index contributed by atoms with van der Waals surface area (Å²) in [5.41, 5.74) is 1.03. The van der Waals surface area contributed by atoms with Crippen molar-refractivity contribution in [1.29, 1.82) is 5.26 Å². The van der Waals surface area contributed by atoms with Gasteiger partial charge >= 0.3 is 0 Å². The van der Waals surface area contributed by atoms with Crippen LogP contribution in [0.5, 0.6) is 0 Å². The van der Waals surface area contributed by atoms with Crippen molar-refractivity contribution < 1.29 is 9.31 Å². The number of nitrogens with zero attached hydrogens (tertiary/aromatic N) is 2. The van der Waals surface area contributed by atoms with Crippen LogP contribution in [0.15, 0.2) is 23.8 Å². The Bertz CT molecular complexity index is 532. The molecular weight excluding hydrogens is 271 g/mol. The smallest absolute Gasteiger partial charge is 0.258 e. The summed E-state index contributed by atoms with van der Waals surface area (Å²) in [6.45, 7) is 5.25. The highest BCUT2D eigenvalue weighted by atomic mass is 19.1. The first kappa shape index (κ1) is 18.8. The van der Waals surface area contributed by atoms with E-state index in [1.807, 2.05) is 0 Å². The normalized spacial score (nSPS) is 10.3. The molecular formula is C16H21FN2O2. The number of rotatable bonds is 5. The third-order valence-electron chi connectivity index (χ3n) is 2.63. The standard InChI is InChI=1S/C11H9FN2O2.C5H12/c1-8-2-9(4-10(6-12)7-13)5-11(3-8)14(15)16;1-3-5-4-2/h2-5H,6H2,1H3;3-5H2,1-2H3/b10-4+;. The van der Waals surface area contributed by atoms with Gasteiger partial charge in [0.15, 0.2) is 0 Å². The number of non-ortho nitro benzene ring substituents is 1. The fourth-order valence-electron chi connectivity index (χ4n) is 1.64. The number of hydrogen-bond donors (Lipinski definition) is 0. The maximum absolute atomic E-state index is 12.3. The number of alkyl halides is 1. The van der Waals surface area contributed by atoms with Crippen LogP contribution in [0.4, 0.5) is 10.1 Å². The van der Waals surface area contributed by atoms with Crippen LogP contribution in [0.3, 0.4) is 0 Å². The van der Waals surface area contributed by atoms with Crippen molar-refractivity contribution >= 4 is 11.8 Å². The van der Waals surface area contributed by atoms with Crippen molar-refractivity contribution in [3.8, 4) is 6.07 Å². The van der Waals surface area contributed by atoms with Gasteiger partial charge in [-0.2, -0.15) is 5.26 Å². The molecule has 0 aliphatic heterocycles. The van der Waals surface area contributed by atoms with Crippen LogP contribution in [0.1, 0.15) is 44.2 Å². The zero-order chi connectivity index (χ0) is 16.3. The molecule has 0 amide bonds. The summed E-state index contributed by atoms with van der Waals surface area (Å²) in [6.07, 6.45) is 5.38. The molecule has 0 aromatic heterocycles. The Morgan fingerprint density at radius 1 is 1.38 bits per heavy atom. The molecule has 1 rings (SSSR count). The fourth-order valence-corrected chi connectivity index (χ4v) is 1.64. The Morgan fingerprint density at radius 2 is 2.00 bits per heavy atom. The molecule has 21 heavy (non-hydrogen) atoms. The van der Waals surface area contributed by atoms with E-state index in [0.29, 0.717) is 11.1 Å². The lowest BCUT2D eigenvalue weighted by molar-refractivity contribution is -0.384. The fraction of sp³-hybridized carbons (Fsp3) is 0.438. The molecule has 0 saturated heterocycles. The zero-order valence-corrected chi connectivity index (χ0v) is 12.7. The van der Waals surface area contributed by atoms with Crippen LogP contribution in [-0.2, 0) is 0 Å². The van der Waals surface area contributed by atoms with Gasteiger partial charge in [-0.15, -0.1) is 0 Å². The van der Waals surface area contributed by atoms with E-state index in [4.69, 9.17) is 5.26 Å². The molecule has 4 nitrogen and oxygen atoms in total. The van der Waals surface area contributed by atoms with Crippen molar-refractivity contribution in [2.24, 2.45) is 0 Å². The Balaban J connectivity index is 0.000000690. The Labute approximate surface area is 125 Å². The van der Waals surface area contributed by atoms with E-state index in [0.717, 1.165) is 0 Å². The monoisotopic (exact) mass is 292 g/mol. The van der Waals surface area contributed by atoms with Crippen LogP contribution in [0.25, 0.3) is 6.08 Å². The molecule has 1 aromatic carbocycles. The molecule has 0 unspecified atom stereocenters. The minimum absolute atomic E-state index is 0.0557. The number of benzene rings is 1. The van der Waals surface area contributed by atoms with E-state index < -0.39 is 11.6 Å². The summed E-state index contributed by atoms with van der Waals surface area (Å²) in [5.74, 6) is 0. The molecule has 1 aromatic rings. The maximum Gasteiger partial charge on any atom is 0.270 e. The van der Waals surface area contributed by atoms with Crippen molar-refractivity contribution in [2.75, 3.05) is 6.67 Å². The lowest BCUT2D eigenvalue weighted by Crippen LogP contribution is -1.90. The van der Waals surface area contributed by atoms with Crippen molar-refractivity contribution in [3.05, 3.63) is 45.0 Å². The summed E-state index contributed by atoms with van der Waals surface area (Å²) >= 11 is 0. The highest BCUT2D eigenvalue weighted by Crippen LogP contribution is 2.18. The molecule has 0 saturated carbocycles. The molecule has 5 heteroatoms. The third kappa shape index (κ3) is 7.83. The van der Waals surface area contributed by atoms with Gasteiger partial charge in [0, 0.05) is 12.1 Å². The summed E-state index contributed by atoms with van der Waals surface area (Å²) in [7, 11) is 0. The molecule has 114 valence electrons. The Morgan fingerprint density at radius 3 is 2.38 bits per heavy atom. The van der Waals surface area contributed by atoms with E-state index >= 15 is 0 Å². The predicted octanol–water partition coefficient (Wildman–Crippen LogP) is 4.98. The molecule has 0 bridgehead atoms. The van der Waals surface area contributed by atoms with Crippen LogP contribution in [0, 0.1) is 28.4 Å². The predicted molar refractivity (Wildman–Crippen MR) is 82.6 cm³/mol. The highest BCUT2D eigenvalue weighted by Gasteiger charge is 2.07. The third-order valence-corrected chi connectivity index (χ3v) is 2.63. The number of nitro benzene ring substituents is 1. The van der Waals surface area contributed by atoms with Crippen molar-refractivity contribution in [2.45, 2.75) is 40.0 Å². The molecule has 0 radical (unpaired) electrons. The number of hydrogen-bond acceptors (Lipinski definition) is 3. The van der Waals surface area contributed by atoms with Crippen LogP contribution in [0.2, 0.25) is 0 Å². The van der Waals surface area contributed by atoms with Gasteiger partial charge in [0.1, 0.15) is 6.67 Å².